The number of ketones is 1. The minimum Gasteiger partial charge on any atom is -0.496 e. The number of halogens is 2. The summed E-state index contributed by atoms with van der Waals surface area (Å²) in [7, 11) is 1.56. The number of aromatic nitrogens is 2. The van der Waals surface area contributed by atoms with Gasteiger partial charge in [-0.2, -0.15) is 0 Å². The van der Waals surface area contributed by atoms with Gasteiger partial charge in [-0.15, -0.1) is 0 Å². The highest BCUT2D eigenvalue weighted by Gasteiger charge is 2.28. The SMILES string of the molecule is COc1ccccc1C(=O)N1CCCC(Cn2c(=N)n(CC(=O)c3ccc(Cl)cc3)c3cccc(Cl)c32)C1. The van der Waals surface area contributed by atoms with Crippen LogP contribution in [0.25, 0.3) is 11.0 Å². The maximum atomic E-state index is 13.3. The fourth-order valence-corrected chi connectivity index (χ4v) is 5.61. The Morgan fingerprint density at radius 3 is 2.53 bits per heavy atom. The van der Waals surface area contributed by atoms with Gasteiger partial charge >= 0.3 is 0 Å². The molecule has 0 aliphatic carbocycles. The molecule has 196 valence electrons. The van der Waals surface area contributed by atoms with Gasteiger partial charge in [0.25, 0.3) is 5.91 Å². The number of imidazole rings is 1. The van der Waals surface area contributed by atoms with E-state index in [1.807, 2.05) is 33.7 Å². The molecule has 1 aliphatic rings. The number of carbonyl (C=O) groups excluding carboxylic acids is 2. The number of methoxy groups -OCH3 is 1. The van der Waals surface area contributed by atoms with Crippen LogP contribution in [0.4, 0.5) is 0 Å². The molecule has 1 fully saturated rings. The second kappa shape index (κ2) is 11.1. The maximum Gasteiger partial charge on any atom is 0.257 e. The third kappa shape index (κ3) is 5.08. The van der Waals surface area contributed by atoms with Gasteiger partial charge < -0.3 is 18.8 Å². The standard InChI is InChI=1S/C29H28Cl2N4O3/c1-38-26-10-3-2-7-22(26)28(37)33-15-5-6-19(16-33)17-35-27-23(31)8-4-9-24(27)34(29(35)32)18-25(36)20-11-13-21(30)14-12-20/h2-4,7-14,19,32H,5-6,15-18H2,1H3. The van der Waals surface area contributed by atoms with Crippen molar-refractivity contribution in [3.05, 3.63) is 93.5 Å². The summed E-state index contributed by atoms with van der Waals surface area (Å²) in [6, 6.07) is 19.5. The second-order valence-corrected chi connectivity index (χ2v) is 10.4. The van der Waals surface area contributed by atoms with E-state index in [0.717, 1.165) is 23.9 Å². The number of amides is 1. The number of fused-ring (bicyclic) bond motifs is 1. The molecule has 0 spiro atoms. The Morgan fingerprint density at radius 1 is 1.00 bits per heavy atom. The summed E-state index contributed by atoms with van der Waals surface area (Å²) in [5, 5.41) is 10.1. The van der Waals surface area contributed by atoms with Crippen LogP contribution in [0.5, 0.6) is 5.75 Å². The molecule has 1 aliphatic heterocycles. The number of Topliss-reactive ketones (excluding diaryl/α,β-unsaturated/α-hetero) is 1. The number of nitrogens with zero attached hydrogens (tertiary/aromatic N) is 3. The molecular formula is C29H28Cl2N4O3. The lowest BCUT2D eigenvalue weighted by Gasteiger charge is -2.33. The molecule has 0 radical (unpaired) electrons. The summed E-state index contributed by atoms with van der Waals surface area (Å²) < 4.78 is 8.96. The van der Waals surface area contributed by atoms with Gasteiger partial charge in [-0.3, -0.25) is 15.0 Å². The van der Waals surface area contributed by atoms with E-state index in [2.05, 4.69) is 0 Å². The number of piperidine rings is 1. The molecule has 1 saturated heterocycles. The molecule has 7 nitrogen and oxygen atoms in total. The first-order valence-corrected chi connectivity index (χ1v) is 13.3. The van der Waals surface area contributed by atoms with Crippen molar-refractivity contribution in [1.82, 2.24) is 14.0 Å². The Morgan fingerprint density at radius 2 is 1.76 bits per heavy atom. The summed E-state index contributed by atoms with van der Waals surface area (Å²) in [6.07, 6.45) is 1.78. The van der Waals surface area contributed by atoms with Crippen LogP contribution in [0, 0.1) is 11.3 Å². The van der Waals surface area contributed by atoms with Crippen LogP contribution in [0.1, 0.15) is 33.6 Å². The van der Waals surface area contributed by atoms with Gasteiger partial charge in [0.15, 0.2) is 5.78 Å². The molecule has 9 heteroatoms. The molecule has 1 amide bonds. The largest absolute Gasteiger partial charge is 0.496 e. The lowest BCUT2D eigenvalue weighted by atomic mass is 9.97. The van der Waals surface area contributed by atoms with Crippen LogP contribution in [-0.4, -0.2) is 45.9 Å². The first-order chi connectivity index (χ1) is 18.4. The Bertz CT molecular complexity index is 1560. The van der Waals surface area contributed by atoms with Gasteiger partial charge in [-0.05, 0) is 67.3 Å². The Labute approximate surface area is 230 Å². The van der Waals surface area contributed by atoms with Crippen molar-refractivity contribution < 1.29 is 14.3 Å². The van der Waals surface area contributed by atoms with Crippen molar-refractivity contribution >= 4 is 45.9 Å². The van der Waals surface area contributed by atoms with Gasteiger partial charge in [0.05, 0.1) is 35.3 Å². The second-order valence-electron chi connectivity index (χ2n) is 9.52. The van der Waals surface area contributed by atoms with E-state index in [-0.39, 0.29) is 29.8 Å². The number of hydrogen-bond acceptors (Lipinski definition) is 4. The van der Waals surface area contributed by atoms with Crippen LogP contribution in [0.2, 0.25) is 10.0 Å². The number of hydrogen-bond donors (Lipinski definition) is 1. The fraction of sp³-hybridized carbons (Fsp3) is 0.276. The van der Waals surface area contributed by atoms with Crippen molar-refractivity contribution in [3.8, 4) is 5.75 Å². The Hall–Kier alpha value is -3.55. The number of para-hydroxylation sites is 2. The maximum absolute atomic E-state index is 13.3. The Balaban J connectivity index is 1.42. The highest BCUT2D eigenvalue weighted by Crippen LogP contribution is 2.27. The zero-order valence-electron chi connectivity index (χ0n) is 21.0. The number of benzene rings is 3. The van der Waals surface area contributed by atoms with E-state index < -0.39 is 0 Å². The van der Waals surface area contributed by atoms with Crippen LogP contribution >= 0.6 is 23.2 Å². The molecule has 1 N–H and O–H groups in total. The molecule has 0 saturated carbocycles. The van der Waals surface area contributed by atoms with E-state index >= 15 is 0 Å². The first kappa shape index (κ1) is 26.1. The number of rotatable bonds is 7. The van der Waals surface area contributed by atoms with E-state index in [0.29, 0.717) is 46.6 Å². The zero-order valence-corrected chi connectivity index (χ0v) is 22.5. The molecule has 2 heterocycles. The van der Waals surface area contributed by atoms with Crippen molar-refractivity contribution in [1.29, 1.82) is 5.41 Å². The number of likely N-dealkylation sites (tertiary alicyclic amines) is 1. The highest BCUT2D eigenvalue weighted by atomic mass is 35.5. The summed E-state index contributed by atoms with van der Waals surface area (Å²) in [5.74, 6) is 0.504. The van der Waals surface area contributed by atoms with Crippen molar-refractivity contribution in [2.75, 3.05) is 20.2 Å². The van der Waals surface area contributed by atoms with Crippen molar-refractivity contribution in [2.24, 2.45) is 5.92 Å². The minimum absolute atomic E-state index is 0.00733. The number of nitrogens with one attached hydrogen (secondary N) is 1. The minimum atomic E-state index is -0.120. The van der Waals surface area contributed by atoms with Gasteiger partial charge in [0.2, 0.25) is 5.62 Å². The summed E-state index contributed by atoms with van der Waals surface area (Å²) >= 11 is 12.6. The third-order valence-electron chi connectivity index (χ3n) is 7.09. The van der Waals surface area contributed by atoms with Crippen LogP contribution in [-0.2, 0) is 13.1 Å². The number of ether oxygens (including phenoxy) is 1. The molecule has 4 aromatic rings. The smallest absolute Gasteiger partial charge is 0.257 e. The van der Waals surface area contributed by atoms with Gasteiger partial charge in [0.1, 0.15) is 5.75 Å². The number of carbonyl (C=O) groups is 2. The molecule has 1 unspecified atom stereocenters. The van der Waals surface area contributed by atoms with Crippen molar-refractivity contribution in [3.63, 3.8) is 0 Å². The summed E-state index contributed by atoms with van der Waals surface area (Å²) in [5.41, 5.74) is 2.72. The van der Waals surface area contributed by atoms with Gasteiger partial charge in [0, 0.05) is 30.2 Å². The monoisotopic (exact) mass is 550 g/mol. The Kier molecular flexibility index (Phi) is 7.58. The zero-order chi connectivity index (χ0) is 26.8. The van der Waals surface area contributed by atoms with Crippen molar-refractivity contribution in [2.45, 2.75) is 25.9 Å². The topological polar surface area (TPSA) is 80.3 Å². The van der Waals surface area contributed by atoms with E-state index in [4.69, 9.17) is 33.3 Å². The van der Waals surface area contributed by atoms with Gasteiger partial charge in [-0.1, -0.05) is 41.4 Å². The van der Waals surface area contributed by atoms with E-state index in [1.54, 1.807) is 54.1 Å². The fourth-order valence-electron chi connectivity index (χ4n) is 5.21. The average Bonchev–Trinajstić information content (AvgIpc) is 3.20. The molecule has 5 rings (SSSR count). The van der Waals surface area contributed by atoms with Crippen LogP contribution < -0.4 is 10.4 Å². The van der Waals surface area contributed by atoms with Crippen LogP contribution in [0.15, 0.2) is 66.7 Å². The molecule has 1 aromatic heterocycles. The van der Waals surface area contributed by atoms with E-state index in [1.165, 1.54) is 0 Å². The predicted molar refractivity (Wildman–Crippen MR) is 148 cm³/mol. The van der Waals surface area contributed by atoms with E-state index in [9.17, 15) is 9.59 Å². The first-order valence-electron chi connectivity index (χ1n) is 12.5. The van der Waals surface area contributed by atoms with Gasteiger partial charge in [-0.25, -0.2) is 0 Å². The quantitative estimate of drug-likeness (QED) is 0.301. The molecule has 0 bridgehead atoms. The molecule has 38 heavy (non-hydrogen) atoms. The lowest BCUT2D eigenvalue weighted by Crippen LogP contribution is -2.42. The molecule has 3 aromatic carbocycles. The highest BCUT2D eigenvalue weighted by molar-refractivity contribution is 6.35. The third-order valence-corrected chi connectivity index (χ3v) is 7.65. The summed E-state index contributed by atoms with van der Waals surface area (Å²) in [6.45, 7) is 1.75. The predicted octanol–water partition coefficient (Wildman–Crippen LogP) is 5.67. The molecule has 1 atom stereocenters. The normalized spacial score (nSPS) is 15.6. The van der Waals surface area contributed by atoms with Crippen LogP contribution in [0.3, 0.4) is 0 Å². The molecular weight excluding hydrogens is 523 g/mol. The average molecular weight is 551 g/mol. The summed E-state index contributed by atoms with van der Waals surface area (Å²) in [4.78, 5) is 28.3. The lowest BCUT2D eigenvalue weighted by molar-refractivity contribution is 0.0658.